The van der Waals surface area contributed by atoms with Gasteiger partial charge < -0.3 is 20.3 Å². The zero-order valence-electron chi connectivity index (χ0n) is 15.3. The normalized spacial score (nSPS) is 13.6. The van der Waals surface area contributed by atoms with Gasteiger partial charge in [-0.15, -0.1) is 5.10 Å². The summed E-state index contributed by atoms with van der Waals surface area (Å²) in [7, 11) is 0. The van der Waals surface area contributed by atoms with Crippen molar-refractivity contribution >= 4 is 22.8 Å². The summed E-state index contributed by atoms with van der Waals surface area (Å²) >= 11 is 0. The van der Waals surface area contributed by atoms with E-state index in [9.17, 15) is 23.1 Å². The largest absolute Gasteiger partial charge is 0.473 e. The summed E-state index contributed by atoms with van der Waals surface area (Å²) in [6.07, 6.45) is -6.20. The highest BCUT2D eigenvalue weighted by atomic mass is 19.4. The van der Waals surface area contributed by atoms with Crippen LogP contribution < -0.4 is 15.4 Å². The molecule has 2 unspecified atom stereocenters. The van der Waals surface area contributed by atoms with Gasteiger partial charge in [0.25, 0.3) is 0 Å². The monoisotopic (exact) mass is 425 g/mol. The minimum absolute atomic E-state index is 0.135. The third kappa shape index (κ3) is 5.15. The summed E-state index contributed by atoms with van der Waals surface area (Å²) in [4.78, 5) is 16.2. The molecule has 0 bridgehead atoms. The van der Waals surface area contributed by atoms with Crippen LogP contribution in [0.5, 0.6) is 5.88 Å². The van der Waals surface area contributed by atoms with Crippen molar-refractivity contribution in [2.75, 3.05) is 18.5 Å². The summed E-state index contributed by atoms with van der Waals surface area (Å²) in [6, 6.07) is 9.04. The molecule has 160 valence electrons. The minimum atomic E-state index is -4.80. The molecule has 12 heteroatoms. The van der Waals surface area contributed by atoms with Crippen molar-refractivity contribution in [1.82, 2.24) is 20.5 Å². The maximum Gasteiger partial charge on any atom is 0.417 e. The van der Waals surface area contributed by atoms with Gasteiger partial charge in [0.05, 0.1) is 23.6 Å². The molecule has 0 aliphatic carbocycles. The molecule has 3 aromatic rings. The zero-order chi connectivity index (χ0) is 21.7. The lowest BCUT2D eigenvalue weighted by Crippen LogP contribution is -2.34. The number of halogens is 3. The number of carbonyl (C=O) groups is 1. The number of H-pyrrole nitrogens is 1. The summed E-state index contributed by atoms with van der Waals surface area (Å²) < 4.78 is 42.0. The van der Waals surface area contributed by atoms with Gasteiger partial charge in [-0.25, -0.2) is 9.78 Å². The first-order valence-electron chi connectivity index (χ1n) is 8.73. The van der Waals surface area contributed by atoms with Crippen molar-refractivity contribution < 1.29 is 32.9 Å². The molecular formula is C18H18F3N5O4. The van der Waals surface area contributed by atoms with Crippen LogP contribution in [0.2, 0.25) is 0 Å². The van der Waals surface area contributed by atoms with Gasteiger partial charge in [-0.1, -0.05) is 30.3 Å². The van der Waals surface area contributed by atoms with Crippen LogP contribution in [-0.2, 0) is 0 Å². The lowest BCUT2D eigenvalue weighted by atomic mass is 10.1. The number of amides is 2. The number of aliphatic hydroxyl groups is 2. The number of rotatable bonds is 7. The lowest BCUT2D eigenvalue weighted by Gasteiger charge is -2.17. The van der Waals surface area contributed by atoms with Crippen molar-refractivity contribution in [3.63, 3.8) is 0 Å². The van der Waals surface area contributed by atoms with Crippen LogP contribution in [0, 0.1) is 0 Å². The van der Waals surface area contributed by atoms with Gasteiger partial charge >= 0.3 is 12.2 Å². The molecule has 0 aliphatic rings. The van der Waals surface area contributed by atoms with Crippen molar-refractivity contribution in [3.05, 3.63) is 48.2 Å². The fourth-order valence-electron chi connectivity index (χ4n) is 2.55. The Morgan fingerprint density at radius 3 is 2.67 bits per heavy atom. The van der Waals surface area contributed by atoms with E-state index in [0.717, 1.165) is 5.56 Å². The second-order valence-electron chi connectivity index (χ2n) is 6.26. The number of alkyl halides is 3. The molecule has 9 nitrogen and oxygen atoms in total. The standard InChI is InChI=1S/C18H18F3N5O4/c19-18(20,21)14(28)9-30-16-11-7-22-15(6-12(11)25-26-16)24-17(29)23-13(8-27)10-4-2-1-3-5-10/h1-7,13-14,27-28H,8-9H2,(H,25,26)(H2,22,23,24,29). The van der Waals surface area contributed by atoms with Crippen LogP contribution in [0.1, 0.15) is 11.6 Å². The maximum atomic E-state index is 12.4. The topological polar surface area (TPSA) is 132 Å². The number of aliphatic hydroxyl groups excluding tert-OH is 2. The number of benzene rings is 1. The first kappa shape index (κ1) is 21.3. The molecule has 0 saturated heterocycles. The molecule has 0 aliphatic heterocycles. The Kier molecular flexibility index (Phi) is 6.37. The highest BCUT2D eigenvalue weighted by molar-refractivity contribution is 5.92. The average Bonchev–Trinajstić information content (AvgIpc) is 3.12. The van der Waals surface area contributed by atoms with Crippen LogP contribution in [-0.4, -0.2) is 56.9 Å². The van der Waals surface area contributed by atoms with Crippen molar-refractivity contribution in [2.24, 2.45) is 0 Å². The molecule has 30 heavy (non-hydrogen) atoms. The van der Waals surface area contributed by atoms with Crippen LogP contribution in [0.3, 0.4) is 0 Å². The number of urea groups is 1. The molecule has 0 saturated carbocycles. The number of hydrogen-bond donors (Lipinski definition) is 5. The van der Waals surface area contributed by atoms with E-state index in [1.54, 1.807) is 24.3 Å². The van der Waals surface area contributed by atoms with E-state index in [1.807, 2.05) is 6.07 Å². The van der Waals surface area contributed by atoms with E-state index in [0.29, 0.717) is 5.52 Å². The van der Waals surface area contributed by atoms with Gasteiger partial charge in [0.1, 0.15) is 12.4 Å². The predicted octanol–water partition coefficient (Wildman–Crippen LogP) is 2.11. The summed E-state index contributed by atoms with van der Waals surface area (Å²) in [5.74, 6) is -0.0310. The third-order valence-electron chi connectivity index (χ3n) is 4.10. The Morgan fingerprint density at radius 1 is 1.27 bits per heavy atom. The van der Waals surface area contributed by atoms with Crippen LogP contribution >= 0.6 is 0 Å². The number of nitrogens with one attached hydrogen (secondary N) is 3. The van der Waals surface area contributed by atoms with Crippen molar-refractivity contribution in [1.29, 1.82) is 0 Å². The van der Waals surface area contributed by atoms with E-state index in [4.69, 9.17) is 9.84 Å². The van der Waals surface area contributed by atoms with Crippen molar-refractivity contribution in [3.8, 4) is 5.88 Å². The minimum Gasteiger partial charge on any atom is -0.473 e. The Morgan fingerprint density at radius 2 is 2.00 bits per heavy atom. The predicted molar refractivity (Wildman–Crippen MR) is 99.9 cm³/mol. The van der Waals surface area contributed by atoms with Gasteiger partial charge in [0.15, 0.2) is 6.10 Å². The van der Waals surface area contributed by atoms with E-state index >= 15 is 0 Å². The van der Waals surface area contributed by atoms with Crippen LogP contribution in [0.25, 0.3) is 10.9 Å². The molecule has 2 amide bonds. The molecule has 0 spiro atoms. The average molecular weight is 425 g/mol. The highest BCUT2D eigenvalue weighted by Crippen LogP contribution is 2.25. The molecule has 3 rings (SSSR count). The third-order valence-corrected chi connectivity index (χ3v) is 4.10. The number of aromatic amines is 1. The Bertz CT molecular complexity index is 996. The van der Waals surface area contributed by atoms with Gasteiger partial charge in [0.2, 0.25) is 5.88 Å². The smallest absolute Gasteiger partial charge is 0.417 e. The van der Waals surface area contributed by atoms with E-state index in [-0.39, 0.29) is 23.7 Å². The maximum absolute atomic E-state index is 12.4. The Balaban J connectivity index is 1.64. The molecule has 2 atom stereocenters. The summed E-state index contributed by atoms with van der Waals surface area (Å²) in [5.41, 5.74) is 1.06. The highest BCUT2D eigenvalue weighted by Gasteiger charge is 2.39. The quantitative estimate of drug-likeness (QED) is 0.394. The number of carbonyl (C=O) groups excluding carboxylic acids is 1. The first-order valence-corrected chi connectivity index (χ1v) is 8.73. The van der Waals surface area contributed by atoms with Gasteiger partial charge in [-0.2, -0.15) is 13.2 Å². The van der Waals surface area contributed by atoms with Crippen LogP contribution in [0.4, 0.5) is 23.8 Å². The second-order valence-corrected chi connectivity index (χ2v) is 6.26. The van der Waals surface area contributed by atoms with Gasteiger partial charge in [-0.3, -0.25) is 10.4 Å². The Hall–Kier alpha value is -3.38. The summed E-state index contributed by atoms with van der Waals surface area (Å²) in [5, 5.41) is 30.2. The summed E-state index contributed by atoms with van der Waals surface area (Å²) in [6.45, 7) is -1.33. The number of aromatic nitrogens is 3. The number of nitrogens with zero attached hydrogens (tertiary/aromatic N) is 2. The molecular weight excluding hydrogens is 407 g/mol. The number of anilines is 1. The molecule has 0 radical (unpaired) electrons. The molecule has 5 N–H and O–H groups in total. The van der Waals surface area contributed by atoms with Crippen LogP contribution in [0.15, 0.2) is 42.6 Å². The molecule has 2 aromatic heterocycles. The lowest BCUT2D eigenvalue weighted by molar-refractivity contribution is -0.210. The second kappa shape index (κ2) is 8.97. The first-order chi connectivity index (χ1) is 14.3. The fraction of sp³-hybridized carbons (Fsp3) is 0.278. The molecule has 0 fully saturated rings. The van der Waals surface area contributed by atoms with Gasteiger partial charge in [0, 0.05) is 12.3 Å². The number of hydrogen-bond acceptors (Lipinski definition) is 6. The van der Waals surface area contributed by atoms with Crippen molar-refractivity contribution in [2.45, 2.75) is 18.3 Å². The number of fused-ring (bicyclic) bond motifs is 1. The van der Waals surface area contributed by atoms with E-state index in [1.165, 1.54) is 12.3 Å². The fourth-order valence-corrected chi connectivity index (χ4v) is 2.55. The zero-order valence-corrected chi connectivity index (χ0v) is 15.3. The molecule has 2 heterocycles. The van der Waals surface area contributed by atoms with E-state index < -0.39 is 31.0 Å². The SMILES string of the molecule is O=C(Nc1cc2[nH]nc(OCC(O)C(F)(F)F)c2cn1)NC(CO)c1ccccc1. The molecule has 1 aromatic carbocycles. The number of pyridine rings is 1. The number of ether oxygens (including phenoxy) is 1. The van der Waals surface area contributed by atoms with E-state index in [2.05, 4.69) is 25.8 Å². The van der Waals surface area contributed by atoms with Gasteiger partial charge in [-0.05, 0) is 5.56 Å². The Labute approximate surface area is 167 Å².